The third-order valence-corrected chi connectivity index (χ3v) is 2.94. The molecule has 0 aromatic heterocycles. The first-order valence-corrected chi connectivity index (χ1v) is 5.83. The van der Waals surface area contributed by atoms with Crippen LogP contribution in [0.3, 0.4) is 0 Å². The maximum Gasteiger partial charge on any atom is 0.161 e. The normalized spacial score (nSPS) is 14.9. The number of benzene rings is 1. The van der Waals surface area contributed by atoms with Gasteiger partial charge in [-0.2, -0.15) is 0 Å². The zero-order chi connectivity index (χ0) is 11.4. The standard InChI is InChI=1S/C13H19NO2/c1-15-13-8-11(9-14)4-5-12(13)16-7-6-10-2-3-10/h4-5,8,10H,2-3,6-7,9,14H2,1H3. The summed E-state index contributed by atoms with van der Waals surface area (Å²) in [5.41, 5.74) is 6.64. The Labute approximate surface area is 96.5 Å². The average molecular weight is 221 g/mol. The molecule has 1 fully saturated rings. The second kappa shape index (κ2) is 5.21. The SMILES string of the molecule is COc1cc(CN)ccc1OCCC1CC1. The van der Waals surface area contributed by atoms with Crippen molar-refractivity contribution in [1.29, 1.82) is 0 Å². The van der Waals surface area contributed by atoms with Gasteiger partial charge in [-0.3, -0.25) is 0 Å². The van der Waals surface area contributed by atoms with E-state index in [0.717, 1.165) is 36.0 Å². The van der Waals surface area contributed by atoms with Crippen LogP contribution in [0.25, 0.3) is 0 Å². The highest BCUT2D eigenvalue weighted by Crippen LogP contribution is 2.33. The lowest BCUT2D eigenvalue weighted by Crippen LogP contribution is -2.02. The second-order valence-corrected chi connectivity index (χ2v) is 4.27. The van der Waals surface area contributed by atoms with Crippen molar-refractivity contribution in [3.8, 4) is 11.5 Å². The Morgan fingerprint density at radius 1 is 1.31 bits per heavy atom. The average Bonchev–Trinajstić information content (AvgIpc) is 3.13. The predicted octanol–water partition coefficient (Wildman–Crippen LogP) is 2.33. The van der Waals surface area contributed by atoms with E-state index in [1.54, 1.807) is 7.11 Å². The highest BCUT2D eigenvalue weighted by Gasteiger charge is 2.20. The van der Waals surface area contributed by atoms with Crippen molar-refractivity contribution >= 4 is 0 Å². The van der Waals surface area contributed by atoms with E-state index in [0.29, 0.717) is 6.54 Å². The number of ether oxygens (including phenoxy) is 2. The molecule has 2 N–H and O–H groups in total. The van der Waals surface area contributed by atoms with Gasteiger partial charge in [-0.15, -0.1) is 0 Å². The van der Waals surface area contributed by atoms with Gasteiger partial charge >= 0.3 is 0 Å². The van der Waals surface area contributed by atoms with Gasteiger partial charge in [0.2, 0.25) is 0 Å². The van der Waals surface area contributed by atoms with Gasteiger partial charge in [0.1, 0.15) is 0 Å². The maximum absolute atomic E-state index is 5.71. The van der Waals surface area contributed by atoms with Crippen LogP contribution in [0.15, 0.2) is 18.2 Å². The molecule has 3 nitrogen and oxygen atoms in total. The molecule has 1 aromatic rings. The summed E-state index contributed by atoms with van der Waals surface area (Å²) >= 11 is 0. The Morgan fingerprint density at radius 2 is 2.12 bits per heavy atom. The minimum absolute atomic E-state index is 0.527. The molecule has 16 heavy (non-hydrogen) atoms. The molecule has 0 aliphatic heterocycles. The van der Waals surface area contributed by atoms with Crippen molar-refractivity contribution in [1.82, 2.24) is 0 Å². The summed E-state index contributed by atoms with van der Waals surface area (Å²) in [5, 5.41) is 0. The molecule has 1 saturated carbocycles. The van der Waals surface area contributed by atoms with Crippen molar-refractivity contribution in [3.05, 3.63) is 23.8 Å². The first-order valence-electron chi connectivity index (χ1n) is 5.83. The van der Waals surface area contributed by atoms with Crippen LogP contribution in [0.2, 0.25) is 0 Å². The van der Waals surface area contributed by atoms with Gasteiger partial charge in [0.25, 0.3) is 0 Å². The fourth-order valence-corrected chi connectivity index (χ4v) is 1.70. The van der Waals surface area contributed by atoms with Crippen LogP contribution in [0.4, 0.5) is 0 Å². The van der Waals surface area contributed by atoms with E-state index < -0.39 is 0 Å². The summed E-state index contributed by atoms with van der Waals surface area (Å²) in [4.78, 5) is 0. The van der Waals surface area contributed by atoms with Crippen molar-refractivity contribution in [3.63, 3.8) is 0 Å². The van der Waals surface area contributed by atoms with E-state index in [2.05, 4.69) is 0 Å². The van der Waals surface area contributed by atoms with Gasteiger partial charge < -0.3 is 15.2 Å². The molecular weight excluding hydrogens is 202 g/mol. The Hall–Kier alpha value is -1.22. The summed E-state index contributed by atoms with van der Waals surface area (Å²) in [6, 6.07) is 5.86. The highest BCUT2D eigenvalue weighted by atomic mass is 16.5. The zero-order valence-electron chi connectivity index (χ0n) is 9.74. The maximum atomic E-state index is 5.71. The summed E-state index contributed by atoms with van der Waals surface area (Å²) in [5.74, 6) is 2.49. The third-order valence-electron chi connectivity index (χ3n) is 2.94. The number of methoxy groups -OCH3 is 1. The molecule has 0 radical (unpaired) electrons. The summed E-state index contributed by atoms with van der Waals surface area (Å²) in [7, 11) is 1.66. The Bertz CT molecular complexity index is 348. The molecule has 1 aliphatic carbocycles. The monoisotopic (exact) mass is 221 g/mol. The zero-order valence-corrected chi connectivity index (χ0v) is 9.74. The smallest absolute Gasteiger partial charge is 0.161 e. The van der Waals surface area contributed by atoms with Gasteiger partial charge in [0.05, 0.1) is 13.7 Å². The first-order chi connectivity index (χ1) is 7.83. The quantitative estimate of drug-likeness (QED) is 0.801. The van der Waals surface area contributed by atoms with Gasteiger partial charge in [-0.05, 0) is 30.0 Å². The molecule has 1 aliphatic rings. The molecule has 0 heterocycles. The van der Waals surface area contributed by atoms with Crippen molar-refractivity contribution in [2.24, 2.45) is 11.7 Å². The highest BCUT2D eigenvalue weighted by molar-refractivity contribution is 5.42. The van der Waals surface area contributed by atoms with Gasteiger partial charge in [-0.25, -0.2) is 0 Å². The second-order valence-electron chi connectivity index (χ2n) is 4.27. The molecule has 0 saturated heterocycles. The molecule has 2 rings (SSSR count). The molecule has 0 atom stereocenters. The first kappa shape index (κ1) is 11.3. The van der Waals surface area contributed by atoms with Crippen molar-refractivity contribution in [2.45, 2.75) is 25.8 Å². The topological polar surface area (TPSA) is 44.5 Å². The Morgan fingerprint density at radius 3 is 2.75 bits per heavy atom. The molecule has 88 valence electrons. The molecule has 3 heteroatoms. The molecule has 1 aromatic carbocycles. The van der Waals surface area contributed by atoms with E-state index in [-0.39, 0.29) is 0 Å². The summed E-state index contributed by atoms with van der Waals surface area (Å²) in [6.07, 6.45) is 3.89. The van der Waals surface area contributed by atoms with Gasteiger partial charge in [0.15, 0.2) is 11.5 Å². The van der Waals surface area contributed by atoms with Gasteiger partial charge in [0, 0.05) is 6.54 Å². The van der Waals surface area contributed by atoms with Crippen LogP contribution in [0.5, 0.6) is 11.5 Å². The van der Waals surface area contributed by atoms with Crippen LogP contribution in [0, 0.1) is 5.92 Å². The predicted molar refractivity (Wildman–Crippen MR) is 63.7 cm³/mol. The van der Waals surface area contributed by atoms with E-state index in [1.165, 1.54) is 12.8 Å². The van der Waals surface area contributed by atoms with Gasteiger partial charge in [-0.1, -0.05) is 18.9 Å². The molecule has 0 unspecified atom stereocenters. The molecule has 0 bridgehead atoms. The molecule has 0 spiro atoms. The number of rotatable bonds is 6. The lowest BCUT2D eigenvalue weighted by molar-refractivity contribution is 0.283. The summed E-state index contributed by atoms with van der Waals surface area (Å²) < 4.78 is 11.0. The van der Waals surface area contributed by atoms with E-state index >= 15 is 0 Å². The Kier molecular flexibility index (Phi) is 3.67. The van der Waals surface area contributed by atoms with E-state index in [1.807, 2.05) is 18.2 Å². The third kappa shape index (κ3) is 2.89. The lowest BCUT2D eigenvalue weighted by atomic mass is 10.2. The number of hydrogen-bond donors (Lipinski definition) is 1. The fraction of sp³-hybridized carbons (Fsp3) is 0.538. The van der Waals surface area contributed by atoms with Crippen LogP contribution in [-0.2, 0) is 6.54 Å². The van der Waals surface area contributed by atoms with Crippen LogP contribution >= 0.6 is 0 Å². The minimum atomic E-state index is 0.527. The largest absolute Gasteiger partial charge is 0.493 e. The number of nitrogens with two attached hydrogens (primary N) is 1. The Balaban J connectivity index is 1.94. The number of hydrogen-bond acceptors (Lipinski definition) is 3. The van der Waals surface area contributed by atoms with E-state index in [4.69, 9.17) is 15.2 Å². The molecule has 0 amide bonds. The van der Waals surface area contributed by atoms with Crippen molar-refractivity contribution < 1.29 is 9.47 Å². The molecular formula is C13H19NO2. The van der Waals surface area contributed by atoms with E-state index in [9.17, 15) is 0 Å². The lowest BCUT2D eigenvalue weighted by Gasteiger charge is -2.11. The fourth-order valence-electron chi connectivity index (χ4n) is 1.70. The van der Waals surface area contributed by atoms with Crippen LogP contribution in [-0.4, -0.2) is 13.7 Å². The minimum Gasteiger partial charge on any atom is -0.493 e. The van der Waals surface area contributed by atoms with Crippen LogP contribution in [0.1, 0.15) is 24.8 Å². The summed E-state index contributed by atoms with van der Waals surface area (Å²) in [6.45, 7) is 1.31. The van der Waals surface area contributed by atoms with Crippen LogP contribution < -0.4 is 15.2 Å². The van der Waals surface area contributed by atoms with Crippen molar-refractivity contribution in [2.75, 3.05) is 13.7 Å².